The third-order valence-corrected chi connectivity index (χ3v) is 5.48. The van der Waals surface area contributed by atoms with Crippen LogP contribution < -0.4 is 5.32 Å². The SMILES string of the molecule is Brc1cc2c(s1)CCCC2NCCOCC1CC1. The number of aryl methyl sites for hydroxylation is 1. The van der Waals surface area contributed by atoms with Crippen molar-refractivity contribution >= 4 is 27.3 Å². The van der Waals surface area contributed by atoms with Gasteiger partial charge in [0.1, 0.15) is 0 Å². The van der Waals surface area contributed by atoms with E-state index in [1.54, 1.807) is 4.88 Å². The minimum absolute atomic E-state index is 0.542. The molecule has 0 aromatic carbocycles. The van der Waals surface area contributed by atoms with E-state index in [2.05, 4.69) is 27.3 Å². The fourth-order valence-corrected chi connectivity index (χ4v) is 4.39. The van der Waals surface area contributed by atoms with E-state index in [0.29, 0.717) is 6.04 Å². The van der Waals surface area contributed by atoms with E-state index in [-0.39, 0.29) is 0 Å². The highest BCUT2D eigenvalue weighted by Gasteiger charge is 2.23. The van der Waals surface area contributed by atoms with Crippen molar-refractivity contribution in [1.82, 2.24) is 5.32 Å². The predicted molar refractivity (Wildman–Crippen MR) is 79.2 cm³/mol. The topological polar surface area (TPSA) is 21.3 Å². The van der Waals surface area contributed by atoms with Gasteiger partial charge in [0, 0.05) is 24.1 Å². The molecule has 2 aliphatic carbocycles. The van der Waals surface area contributed by atoms with Gasteiger partial charge in [0.05, 0.1) is 10.4 Å². The van der Waals surface area contributed by atoms with E-state index in [9.17, 15) is 0 Å². The van der Waals surface area contributed by atoms with Gasteiger partial charge in [-0.25, -0.2) is 0 Å². The smallest absolute Gasteiger partial charge is 0.0704 e. The average molecular weight is 330 g/mol. The molecule has 1 saturated carbocycles. The number of hydrogen-bond donors (Lipinski definition) is 1. The molecule has 4 heteroatoms. The lowest BCUT2D eigenvalue weighted by molar-refractivity contribution is 0.123. The molecular weight excluding hydrogens is 310 g/mol. The first kappa shape index (κ1) is 13.1. The van der Waals surface area contributed by atoms with Crippen molar-refractivity contribution in [1.29, 1.82) is 0 Å². The molecular formula is C14H20BrNOS. The van der Waals surface area contributed by atoms with Crippen LogP contribution in [0.5, 0.6) is 0 Å². The lowest BCUT2D eigenvalue weighted by Crippen LogP contribution is -2.27. The summed E-state index contributed by atoms with van der Waals surface area (Å²) < 4.78 is 6.94. The summed E-state index contributed by atoms with van der Waals surface area (Å²) in [6, 6.07) is 2.84. The molecule has 2 aliphatic rings. The molecule has 18 heavy (non-hydrogen) atoms. The molecule has 1 aromatic rings. The largest absolute Gasteiger partial charge is 0.380 e. The maximum atomic E-state index is 5.67. The number of halogens is 1. The summed E-state index contributed by atoms with van der Waals surface area (Å²) in [4.78, 5) is 1.56. The van der Waals surface area contributed by atoms with E-state index in [4.69, 9.17) is 4.74 Å². The second-order valence-electron chi connectivity index (χ2n) is 5.35. The van der Waals surface area contributed by atoms with Gasteiger partial charge in [-0.1, -0.05) is 0 Å². The quantitative estimate of drug-likeness (QED) is 0.799. The molecule has 1 unspecified atom stereocenters. The van der Waals surface area contributed by atoms with Crippen LogP contribution in [0.25, 0.3) is 0 Å². The summed E-state index contributed by atoms with van der Waals surface area (Å²) in [6.07, 6.45) is 6.58. The summed E-state index contributed by atoms with van der Waals surface area (Å²) in [5.41, 5.74) is 1.51. The van der Waals surface area contributed by atoms with Crippen LogP contribution in [-0.2, 0) is 11.2 Å². The molecule has 3 rings (SSSR count). The zero-order valence-electron chi connectivity index (χ0n) is 10.6. The van der Waals surface area contributed by atoms with Crippen LogP contribution in [0.15, 0.2) is 9.85 Å². The van der Waals surface area contributed by atoms with Crippen LogP contribution in [0.3, 0.4) is 0 Å². The van der Waals surface area contributed by atoms with Crippen LogP contribution in [-0.4, -0.2) is 19.8 Å². The van der Waals surface area contributed by atoms with Gasteiger partial charge in [0.25, 0.3) is 0 Å². The summed E-state index contributed by atoms with van der Waals surface area (Å²) >= 11 is 5.50. The van der Waals surface area contributed by atoms with Crippen molar-refractivity contribution in [3.05, 3.63) is 20.3 Å². The highest BCUT2D eigenvalue weighted by molar-refractivity contribution is 9.11. The molecule has 0 amide bonds. The van der Waals surface area contributed by atoms with Crippen molar-refractivity contribution in [2.45, 2.75) is 38.1 Å². The van der Waals surface area contributed by atoms with Crippen LogP contribution in [0, 0.1) is 5.92 Å². The Morgan fingerprint density at radius 1 is 1.39 bits per heavy atom. The Balaban J connectivity index is 1.44. The fourth-order valence-electron chi connectivity index (χ4n) is 2.57. The first-order valence-corrected chi connectivity index (χ1v) is 8.53. The summed E-state index contributed by atoms with van der Waals surface area (Å²) in [6.45, 7) is 2.81. The Morgan fingerprint density at radius 3 is 3.11 bits per heavy atom. The number of hydrogen-bond acceptors (Lipinski definition) is 3. The Bertz CT molecular complexity index is 402. The maximum absolute atomic E-state index is 5.67. The van der Waals surface area contributed by atoms with Crippen molar-refractivity contribution in [3.8, 4) is 0 Å². The fraction of sp³-hybridized carbons (Fsp3) is 0.714. The molecule has 100 valence electrons. The molecule has 0 aliphatic heterocycles. The number of thiophene rings is 1. The Hall–Kier alpha value is 0.1000. The second kappa shape index (κ2) is 6.04. The normalized spacial score (nSPS) is 23.1. The molecule has 1 aromatic heterocycles. The van der Waals surface area contributed by atoms with Gasteiger partial charge >= 0.3 is 0 Å². The van der Waals surface area contributed by atoms with Gasteiger partial charge in [-0.2, -0.15) is 0 Å². The summed E-state index contributed by atoms with van der Waals surface area (Å²) in [5.74, 6) is 0.874. The second-order valence-corrected chi connectivity index (χ2v) is 7.86. The lowest BCUT2D eigenvalue weighted by atomic mass is 9.94. The van der Waals surface area contributed by atoms with Crippen molar-refractivity contribution < 1.29 is 4.74 Å². The Morgan fingerprint density at radius 2 is 2.28 bits per heavy atom. The maximum Gasteiger partial charge on any atom is 0.0704 e. The van der Waals surface area contributed by atoms with E-state index in [1.165, 1.54) is 41.5 Å². The zero-order valence-corrected chi connectivity index (χ0v) is 13.0. The van der Waals surface area contributed by atoms with Gasteiger partial charge in [-0.15, -0.1) is 11.3 Å². The molecule has 0 spiro atoms. The summed E-state index contributed by atoms with van der Waals surface area (Å²) in [5, 5.41) is 3.65. The highest BCUT2D eigenvalue weighted by atomic mass is 79.9. The third-order valence-electron chi connectivity index (χ3n) is 3.77. The van der Waals surface area contributed by atoms with Crippen LogP contribution in [0.4, 0.5) is 0 Å². The Kier molecular flexibility index (Phi) is 4.39. The minimum Gasteiger partial charge on any atom is -0.380 e. The van der Waals surface area contributed by atoms with E-state index >= 15 is 0 Å². The van der Waals surface area contributed by atoms with Gasteiger partial charge in [0.2, 0.25) is 0 Å². The van der Waals surface area contributed by atoms with E-state index < -0.39 is 0 Å². The number of fused-ring (bicyclic) bond motifs is 1. The lowest BCUT2D eigenvalue weighted by Gasteiger charge is -2.23. The summed E-state index contributed by atoms with van der Waals surface area (Å²) in [7, 11) is 0. The standard InChI is InChI=1S/C14H20BrNOS/c15-14-8-11-12(2-1-3-13(11)18-14)16-6-7-17-9-10-4-5-10/h8,10,12,16H,1-7,9H2. The van der Waals surface area contributed by atoms with Crippen LogP contribution in [0.1, 0.15) is 42.2 Å². The highest BCUT2D eigenvalue weighted by Crippen LogP contribution is 2.37. The molecule has 1 N–H and O–H groups in total. The average Bonchev–Trinajstić information content (AvgIpc) is 3.09. The number of rotatable bonds is 6. The van der Waals surface area contributed by atoms with Gasteiger partial charge in [0.15, 0.2) is 0 Å². The van der Waals surface area contributed by atoms with Gasteiger partial charge < -0.3 is 10.1 Å². The van der Waals surface area contributed by atoms with Crippen molar-refractivity contribution in [2.75, 3.05) is 19.8 Å². The van der Waals surface area contributed by atoms with Crippen LogP contribution in [0.2, 0.25) is 0 Å². The molecule has 2 nitrogen and oxygen atoms in total. The molecule has 1 fully saturated rings. The van der Waals surface area contributed by atoms with Crippen molar-refractivity contribution in [3.63, 3.8) is 0 Å². The van der Waals surface area contributed by atoms with E-state index in [1.807, 2.05) is 11.3 Å². The van der Waals surface area contributed by atoms with Gasteiger partial charge in [-0.05, 0) is 65.6 Å². The monoisotopic (exact) mass is 329 g/mol. The van der Waals surface area contributed by atoms with Crippen LogP contribution >= 0.6 is 27.3 Å². The third kappa shape index (κ3) is 3.35. The first-order valence-electron chi connectivity index (χ1n) is 6.92. The van der Waals surface area contributed by atoms with E-state index in [0.717, 1.165) is 25.7 Å². The first-order chi connectivity index (χ1) is 8.83. The Labute approximate surface area is 121 Å². The van der Waals surface area contributed by atoms with Gasteiger partial charge in [-0.3, -0.25) is 0 Å². The van der Waals surface area contributed by atoms with Crippen molar-refractivity contribution in [2.24, 2.45) is 5.92 Å². The zero-order chi connectivity index (χ0) is 12.4. The molecule has 1 atom stereocenters. The molecule has 1 heterocycles. The minimum atomic E-state index is 0.542. The molecule has 0 bridgehead atoms. The number of nitrogens with one attached hydrogen (secondary N) is 1. The molecule has 0 saturated heterocycles. The predicted octanol–water partition coefficient (Wildman–Crippen LogP) is 3.90. The molecule has 0 radical (unpaired) electrons. The number of ether oxygens (including phenoxy) is 1.